The minimum atomic E-state index is 0.0288. The molecular formula is C18H21N5O2. The van der Waals surface area contributed by atoms with Crippen LogP contribution in [0.3, 0.4) is 0 Å². The first-order chi connectivity index (χ1) is 12.3. The maximum absolute atomic E-state index is 12.1. The average molecular weight is 339 g/mol. The molecular weight excluding hydrogens is 318 g/mol. The second-order valence-electron chi connectivity index (χ2n) is 6.39. The van der Waals surface area contributed by atoms with Gasteiger partial charge in [-0.3, -0.25) is 9.69 Å². The molecule has 3 heterocycles. The van der Waals surface area contributed by atoms with Gasteiger partial charge in [0.25, 0.3) is 0 Å². The van der Waals surface area contributed by atoms with Crippen molar-refractivity contribution >= 4 is 16.9 Å². The molecule has 7 heteroatoms. The summed E-state index contributed by atoms with van der Waals surface area (Å²) < 4.78 is 7.25. The molecule has 1 aliphatic heterocycles. The molecule has 2 aromatic heterocycles. The predicted octanol–water partition coefficient (Wildman–Crippen LogP) is 1.98. The summed E-state index contributed by atoms with van der Waals surface area (Å²) in [5.41, 5.74) is 2.01. The van der Waals surface area contributed by atoms with Crippen molar-refractivity contribution in [2.24, 2.45) is 0 Å². The Bertz CT molecular complexity index is 834. The molecule has 0 unspecified atom stereocenters. The van der Waals surface area contributed by atoms with Crippen LogP contribution in [-0.2, 0) is 11.3 Å². The van der Waals surface area contributed by atoms with Gasteiger partial charge in [0, 0.05) is 13.1 Å². The highest BCUT2D eigenvalue weighted by molar-refractivity contribution is 5.78. The van der Waals surface area contributed by atoms with Crippen LogP contribution in [0.1, 0.15) is 24.6 Å². The van der Waals surface area contributed by atoms with Crippen LogP contribution >= 0.6 is 0 Å². The Kier molecular flexibility index (Phi) is 4.47. The zero-order valence-corrected chi connectivity index (χ0v) is 14.0. The Labute approximate surface area is 145 Å². The van der Waals surface area contributed by atoms with Crippen LogP contribution in [0.25, 0.3) is 11.0 Å². The van der Waals surface area contributed by atoms with Crippen LogP contribution in [0.15, 0.2) is 47.1 Å². The number of aromatic nitrogens is 3. The van der Waals surface area contributed by atoms with Gasteiger partial charge in [-0.05, 0) is 37.1 Å². The lowest BCUT2D eigenvalue weighted by Gasteiger charge is -2.31. The normalized spacial score (nSPS) is 16.3. The first kappa shape index (κ1) is 15.8. The van der Waals surface area contributed by atoms with Crippen molar-refractivity contribution < 1.29 is 9.21 Å². The van der Waals surface area contributed by atoms with E-state index in [-0.39, 0.29) is 5.91 Å². The van der Waals surface area contributed by atoms with E-state index in [0.717, 1.165) is 42.7 Å². The molecule has 4 rings (SSSR count). The number of piperidine rings is 1. The van der Waals surface area contributed by atoms with Crippen LogP contribution in [-0.4, -0.2) is 45.4 Å². The summed E-state index contributed by atoms with van der Waals surface area (Å²) >= 11 is 0. The molecule has 7 nitrogen and oxygen atoms in total. The van der Waals surface area contributed by atoms with Gasteiger partial charge < -0.3 is 9.73 Å². The summed E-state index contributed by atoms with van der Waals surface area (Å²) in [6.07, 6.45) is 3.55. The Morgan fingerprint density at radius 1 is 1.20 bits per heavy atom. The molecule has 0 bridgehead atoms. The number of hydrogen-bond acceptors (Lipinski definition) is 5. The SMILES string of the molecule is O=C(CN1CCC(n2nnc3ccccc32)CC1)NCc1ccco1. The van der Waals surface area contributed by atoms with Gasteiger partial charge in [-0.25, -0.2) is 4.68 Å². The second kappa shape index (κ2) is 7.06. The third-order valence-electron chi connectivity index (χ3n) is 4.69. The molecule has 1 fully saturated rings. The van der Waals surface area contributed by atoms with Crippen molar-refractivity contribution in [2.45, 2.75) is 25.4 Å². The van der Waals surface area contributed by atoms with Crippen LogP contribution < -0.4 is 5.32 Å². The Morgan fingerprint density at radius 3 is 2.84 bits per heavy atom. The van der Waals surface area contributed by atoms with Gasteiger partial charge >= 0.3 is 0 Å². The van der Waals surface area contributed by atoms with E-state index in [1.807, 2.05) is 35.0 Å². The molecule has 130 valence electrons. The number of furan rings is 1. The minimum absolute atomic E-state index is 0.0288. The summed E-state index contributed by atoms with van der Waals surface area (Å²) in [5.74, 6) is 0.797. The van der Waals surface area contributed by atoms with E-state index in [1.54, 1.807) is 6.26 Å². The standard InChI is InChI=1S/C18H21N5O2/c24-18(19-12-15-4-3-11-25-15)13-22-9-7-14(8-10-22)23-17-6-2-1-5-16(17)20-21-23/h1-6,11,14H,7-10,12-13H2,(H,19,24). The summed E-state index contributed by atoms with van der Waals surface area (Å²) in [7, 11) is 0. The molecule has 25 heavy (non-hydrogen) atoms. The quantitative estimate of drug-likeness (QED) is 0.769. The third kappa shape index (κ3) is 3.56. The first-order valence-electron chi connectivity index (χ1n) is 8.61. The zero-order valence-electron chi connectivity index (χ0n) is 14.0. The van der Waals surface area contributed by atoms with Crippen molar-refractivity contribution in [2.75, 3.05) is 19.6 Å². The highest BCUT2D eigenvalue weighted by Crippen LogP contribution is 2.25. The van der Waals surface area contributed by atoms with Crippen LogP contribution in [0, 0.1) is 0 Å². The molecule has 1 aromatic carbocycles. The maximum Gasteiger partial charge on any atom is 0.234 e. The monoisotopic (exact) mass is 339 g/mol. The van der Waals surface area contributed by atoms with Crippen molar-refractivity contribution in [1.29, 1.82) is 0 Å². The fourth-order valence-electron chi connectivity index (χ4n) is 3.34. The summed E-state index contributed by atoms with van der Waals surface area (Å²) in [6.45, 7) is 2.62. The van der Waals surface area contributed by atoms with E-state index in [0.29, 0.717) is 19.1 Å². The fraction of sp³-hybridized carbons (Fsp3) is 0.389. The first-order valence-corrected chi connectivity index (χ1v) is 8.61. The number of likely N-dealkylation sites (tertiary alicyclic amines) is 1. The van der Waals surface area contributed by atoms with Gasteiger partial charge in [-0.1, -0.05) is 17.3 Å². The van der Waals surface area contributed by atoms with E-state index in [9.17, 15) is 4.79 Å². The molecule has 0 atom stereocenters. The Morgan fingerprint density at radius 2 is 2.04 bits per heavy atom. The van der Waals surface area contributed by atoms with Gasteiger partial charge in [0.2, 0.25) is 5.91 Å². The molecule has 1 saturated heterocycles. The molecule has 0 saturated carbocycles. The molecule has 1 N–H and O–H groups in total. The van der Waals surface area contributed by atoms with Crippen LogP contribution in [0.5, 0.6) is 0 Å². The van der Waals surface area contributed by atoms with Gasteiger partial charge in [0.15, 0.2) is 0 Å². The molecule has 3 aromatic rings. The number of fused-ring (bicyclic) bond motifs is 1. The van der Waals surface area contributed by atoms with Crippen LogP contribution in [0.2, 0.25) is 0 Å². The minimum Gasteiger partial charge on any atom is -0.467 e. The molecule has 1 amide bonds. The van der Waals surface area contributed by atoms with Crippen molar-refractivity contribution in [3.63, 3.8) is 0 Å². The van der Waals surface area contributed by atoms with Gasteiger partial charge in [0.1, 0.15) is 11.3 Å². The number of carbonyl (C=O) groups is 1. The number of nitrogens with zero attached hydrogens (tertiary/aromatic N) is 4. The lowest BCUT2D eigenvalue weighted by Crippen LogP contribution is -2.41. The number of carbonyl (C=O) groups excluding carboxylic acids is 1. The van der Waals surface area contributed by atoms with Gasteiger partial charge in [-0.2, -0.15) is 0 Å². The second-order valence-corrected chi connectivity index (χ2v) is 6.39. The van der Waals surface area contributed by atoms with E-state index >= 15 is 0 Å². The topological polar surface area (TPSA) is 76.2 Å². The van der Waals surface area contributed by atoms with E-state index in [2.05, 4.69) is 26.6 Å². The van der Waals surface area contributed by atoms with Crippen molar-refractivity contribution in [3.8, 4) is 0 Å². The van der Waals surface area contributed by atoms with Gasteiger partial charge in [-0.15, -0.1) is 5.10 Å². The number of nitrogens with one attached hydrogen (secondary N) is 1. The number of benzene rings is 1. The average Bonchev–Trinajstić information content (AvgIpc) is 3.30. The molecule has 0 radical (unpaired) electrons. The highest BCUT2D eigenvalue weighted by Gasteiger charge is 2.23. The predicted molar refractivity (Wildman–Crippen MR) is 92.8 cm³/mol. The molecule has 1 aliphatic rings. The number of amides is 1. The number of rotatable bonds is 5. The smallest absolute Gasteiger partial charge is 0.234 e. The Balaban J connectivity index is 1.29. The lowest BCUT2D eigenvalue weighted by molar-refractivity contribution is -0.122. The third-order valence-corrected chi connectivity index (χ3v) is 4.69. The van der Waals surface area contributed by atoms with Crippen molar-refractivity contribution in [1.82, 2.24) is 25.2 Å². The van der Waals surface area contributed by atoms with Crippen LogP contribution in [0.4, 0.5) is 0 Å². The van der Waals surface area contributed by atoms with Crippen molar-refractivity contribution in [3.05, 3.63) is 48.4 Å². The molecule has 0 aliphatic carbocycles. The summed E-state index contributed by atoms with van der Waals surface area (Å²) in [4.78, 5) is 14.3. The van der Waals surface area contributed by atoms with E-state index in [4.69, 9.17) is 4.42 Å². The highest BCUT2D eigenvalue weighted by atomic mass is 16.3. The zero-order chi connectivity index (χ0) is 17.1. The maximum atomic E-state index is 12.1. The van der Waals surface area contributed by atoms with E-state index in [1.165, 1.54) is 0 Å². The number of hydrogen-bond donors (Lipinski definition) is 1. The Hall–Kier alpha value is -2.67. The molecule has 0 spiro atoms. The number of para-hydroxylation sites is 1. The lowest BCUT2D eigenvalue weighted by atomic mass is 10.0. The summed E-state index contributed by atoms with van der Waals surface area (Å²) in [5, 5.41) is 11.5. The fourth-order valence-corrected chi connectivity index (χ4v) is 3.34. The largest absolute Gasteiger partial charge is 0.467 e. The van der Waals surface area contributed by atoms with E-state index < -0.39 is 0 Å². The summed E-state index contributed by atoms with van der Waals surface area (Å²) in [6, 6.07) is 12.1. The van der Waals surface area contributed by atoms with Gasteiger partial charge in [0.05, 0.1) is 30.9 Å².